The van der Waals surface area contributed by atoms with E-state index in [-0.39, 0.29) is 37.0 Å². The van der Waals surface area contributed by atoms with E-state index < -0.39 is 0 Å². The van der Waals surface area contributed by atoms with Gasteiger partial charge in [-0.25, -0.2) is 4.79 Å². The van der Waals surface area contributed by atoms with Crippen LogP contribution in [-0.4, -0.2) is 59.9 Å². The number of urea groups is 1. The lowest BCUT2D eigenvalue weighted by molar-refractivity contribution is -0.135. The molecular weight excluding hydrogens is 298 g/mol. The van der Waals surface area contributed by atoms with E-state index in [0.29, 0.717) is 31.7 Å². The SMILES string of the molecule is O=C(COc1ccccc1)N1CCC(N2C(=O)CNC2=O)CC1. The Kier molecular flexibility index (Phi) is 4.45. The normalized spacial score (nSPS) is 19.0. The summed E-state index contributed by atoms with van der Waals surface area (Å²) < 4.78 is 5.46. The van der Waals surface area contributed by atoms with Crippen LogP contribution in [0.25, 0.3) is 0 Å². The number of benzene rings is 1. The molecule has 2 aliphatic rings. The molecular formula is C16H19N3O4. The van der Waals surface area contributed by atoms with Crippen molar-refractivity contribution in [2.24, 2.45) is 0 Å². The van der Waals surface area contributed by atoms with Crippen LogP contribution < -0.4 is 10.1 Å². The molecule has 1 N–H and O–H groups in total. The standard InChI is InChI=1S/C16H19N3O4/c20-14-10-17-16(22)19(14)12-6-8-18(9-7-12)15(21)11-23-13-4-2-1-3-5-13/h1-5,12H,6-11H2,(H,17,22). The molecule has 0 aromatic heterocycles. The smallest absolute Gasteiger partial charge is 0.324 e. The Bertz CT molecular complexity index is 581. The lowest BCUT2D eigenvalue weighted by atomic mass is 10.0. The van der Waals surface area contributed by atoms with E-state index in [1.165, 1.54) is 4.90 Å². The van der Waals surface area contributed by atoms with Gasteiger partial charge >= 0.3 is 6.03 Å². The van der Waals surface area contributed by atoms with E-state index >= 15 is 0 Å². The highest BCUT2D eigenvalue weighted by atomic mass is 16.5. The molecule has 0 radical (unpaired) electrons. The molecule has 7 heteroatoms. The number of rotatable bonds is 4. The summed E-state index contributed by atoms with van der Waals surface area (Å²) in [5, 5.41) is 2.53. The molecule has 0 saturated carbocycles. The van der Waals surface area contributed by atoms with Gasteiger partial charge in [-0.05, 0) is 25.0 Å². The number of hydrogen-bond acceptors (Lipinski definition) is 4. The van der Waals surface area contributed by atoms with Gasteiger partial charge in [0.15, 0.2) is 6.61 Å². The van der Waals surface area contributed by atoms with Crippen LogP contribution >= 0.6 is 0 Å². The van der Waals surface area contributed by atoms with E-state index in [4.69, 9.17) is 4.74 Å². The molecule has 122 valence electrons. The van der Waals surface area contributed by atoms with Crippen molar-refractivity contribution in [3.05, 3.63) is 30.3 Å². The molecule has 2 aliphatic heterocycles. The predicted octanol–water partition coefficient (Wildman–Crippen LogP) is 0.608. The fourth-order valence-electron chi connectivity index (χ4n) is 2.93. The molecule has 0 spiro atoms. The van der Waals surface area contributed by atoms with E-state index in [2.05, 4.69) is 5.32 Å². The largest absolute Gasteiger partial charge is 0.484 e. The number of nitrogens with one attached hydrogen (secondary N) is 1. The Morgan fingerprint density at radius 1 is 1.17 bits per heavy atom. The summed E-state index contributed by atoms with van der Waals surface area (Å²) in [5.41, 5.74) is 0. The maximum atomic E-state index is 12.2. The van der Waals surface area contributed by atoms with Crippen molar-refractivity contribution in [2.75, 3.05) is 26.2 Å². The number of imide groups is 1. The van der Waals surface area contributed by atoms with Crippen LogP contribution in [0.5, 0.6) is 5.75 Å². The first kappa shape index (κ1) is 15.3. The zero-order valence-electron chi connectivity index (χ0n) is 12.7. The van der Waals surface area contributed by atoms with Gasteiger partial charge in [0, 0.05) is 19.1 Å². The van der Waals surface area contributed by atoms with Crippen LogP contribution in [0.3, 0.4) is 0 Å². The molecule has 0 atom stereocenters. The maximum absolute atomic E-state index is 12.2. The Morgan fingerprint density at radius 2 is 1.87 bits per heavy atom. The minimum Gasteiger partial charge on any atom is -0.484 e. The van der Waals surface area contributed by atoms with Crippen molar-refractivity contribution >= 4 is 17.8 Å². The highest BCUT2D eigenvalue weighted by Gasteiger charge is 2.37. The number of ether oxygens (including phenoxy) is 1. The second-order valence-electron chi connectivity index (χ2n) is 5.64. The van der Waals surface area contributed by atoms with Crippen molar-refractivity contribution < 1.29 is 19.1 Å². The first-order chi connectivity index (χ1) is 11.1. The molecule has 2 heterocycles. The number of amides is 4. The summed E-state index contributed by atoms with van der Waals surface area (Å²) in [5.74, 6) is 0.395. The van der Waals surface area contributed by atoms with Crippen LogP contribution in [0.15, 0.2) is 30.3 Å². The zero-order valence-corrected chi connectivity index (χ0v) is 12.7. The molecule has 0 bridgehead atoms. The third kappa shape index (κ3) is 3.44. The average Bonchev–Trinajstić information content (AvgIpc) is 2.92. The predicted molar refractivity (Wildman–Crippen MR) is 81.8 cm³/mol. The Labute approximate surface area is 134 Å². The van der Waals surface area contributed by atoms with Crippen LogP contribution in [0, 0.1) is 0 Å². The van der Waals surface area contributed by atoms with Crippen LogP contribution in [-0.2, 0) is 9.59 Å². The van der Waals surface area contributed by atoms with Crippen molar-refractivity contribution in [3.8, 4) is 5.75 Å². The van der Waals surface area contributed by atoms with Gasteiger partial charge in [0.1, 0.15) is 5.75 Å². The van der Waals surface area contributed by atoms with Crippen LogP contribution in [0.1, 0.15) is 12.8 Å². The monoisotopic (exact) mass is 317 g/mol. The minimum atomic E-state index is -0.327. The number of likely N-dealkylation sites (tertiary alicyclic amines) is 1. The zero-order chi connectivity index (χ0) is 16.2. The van der Waals surface area contributed by atoms with E-state index in [1.807, 2.05) is 18.2 Å². The number of carbonyl (C=O) groups is 3. The van der Waals surface area contributed by atoms with Crippen molar-refractivity contribution in [3.63, 3.8) is 0 Å². The highest BCUT2D eigenvalue weighted by molar-refractivity contribution is 6.02. The third-order valence-corrected chi connectivity index (χ3v) is 4.17. The lowest BCUT2D eigenvalue weighted by Gasteiger charge is -2.35. The lowest BCUT2D eigenvalue weighted by Crippen LogP contribution is -2.49. The van der Waals surface area contributed by atoms with Gasteiger partial charge in [-0.15, -0.1) is 0 Å². The molecule has 3 rings (SSSR count). The fraction of sp³-hybridized carbons (Fsp3) is 0.438. The summed E-state index contributed by atoms with van der Waals surface area (Å²) in [7, 11) is 0. The van der Waals surface area contributed by atoms with Crippen molar-refractivity contribution in [1.82, 2.24) is 15.1 Å². The Morgan fingerprint density at radius 3 is 2.48 bits per heavy atom. The molecule has 1 aromatic carbocycles. The first-order valence-corrected chi connectivity index (χ1v) is 7.70. The number of hydrogen-bond donors (Lipinski definition) is 1. The van der Waals surface area contributed by atoms with E-state index in [1.54, 1.807) is 17.0 Å². The topological polar surface area (TPSA) is 79.0 Å². The maximum Gasteiger partial charge on any atom is 0.324 e. The molecule has 2 fully saturated rings. The summed E-state index contributed by atoms with van der Waals surface area (Å²) in [6.07, 6.45) is 1.21. The van der Waals surface area contributed by atoms with Gasteiger partial charge in [-0.1, -0.05) is 18.2 Å². The van der Waals surface area contributed by atoms with Gasteiger partial charge in [0.25, 0.3) is 5.91 Å². The molecule has 0 unspecified atom stereocenters. The van der Waals surface area contributed by atoms with Crippen molar-refractivity contribution in [2.45, 2.75) is 18.9 Å². The number of carbonyl (C=O) groups excluding carboxylic acids is 3. The third-order valence-electron chi connectivity index (χ3n) is 4.17. The second-order valence-corrected chi connectivity index (χ2v) is 5.64. The quantitative estimate of drug-likeness (QED) is 0.825. The number of nitrogens with zero attached hydrogens (tertiary/aromatic N) is 2. The average molecular weight is 317 g/mol. The second kappa shape index (κ2) is 6.68. The fourth-order valence-corrected chi connectivity index (χ4v) is 2.93. The van der Waals surface area contributed by atoms with Gasteiger partial charge in [-0.2, -0.15) is 0 Å². The van der Waals surface area contributed by atoms with Gasteiger partial charge in [-0.3, -0.25) is 14.5 Å². The molecule has 7 nitrogen and oxygen atoms in total. The van der Waals surface area contributed by atoms with E-state index in [0.717, 1.165) is 0 Å². The van der Waals surface area contributed by atoms with Gasteiger partial charge in [0.2, 0.25) is 5.91 Å². The summed E-state index contributed by atoms with van der Waals surface area (Å²) in [4.78, 5) is 38.5. The summed E-state index contributed by atoms with van der Waals surface area (Å²) in [6, 6.07) is 8.74. The highest BCUT2D eigenvalue weighted by Crippen LogP contribution is 2.19. The molecule has 4 amide bonds. The summed E-state index contributed by atoms with van der Waals surface area (Å²) in [6.45, 7) is 1.12. The van der Waals surface area contributed by atoms with Gasteiger partial charge in [0.05, 0.1) is 6.54 Å². The Hall–Kier alpha value is -2.57. The molecule has 2 saturated heterocycles. The number of piperidine rings is 1. The number of para-hydroxylation sites is 1. The van der Waals surface area contributed by atoms with Crippen LogP contribution in [0.4, 0.5) is 4.79 Å². The Balaban J connectivity index is 1.48. The van der Waals surface area contributed by atoms with Gasteiger partial charge < -0.3 is 15.0 Å². The molecule has 0 aliphatic carbocycles. The van der Waals surface area contributed by atoms with E-state index in [9.17, 15) is 14.4 Å². The van der Waals surface area contributed by atoms with Crippen LogP contribution in [0.2, 0.25) is 0 Å². The summed E-state index contributed by atoms with van der Waals surface area (Å²) >= 11 is 0. The molecule has 1 aromatic rings. The first-order valence-electron chi connectivity index (χ1n) is 7.70. The van der Waals surface area contributed by atoms with Crippen molar-refractivity contribution in [1.29, 1.82) is 0 Å². The minimum absolute atomic E-state index is 0.00217. The molecule has 23 heavy (non-hydrogen) atoms.